The highest BCUT2D eigenvalue weighted by molar-refractivity contribution is 6.42. The van der Waals surface area contributed by atoms with Gasteiger partial charge in [0.25, 0.3) is 0 Å². The van der Waals surface area contributed by atoms with Crippen LogP contribution in [-0.2, 0) is 15.1 Å². The normalized spacial score (nSPS) is 14.8. The second-order valence-corrected chi connectivity index (χ2v) is 8.51. The fourth-order valence-electron chi connectivity index (χ4n) is 2.92. The van der Waals surface area contributed by atoms with Gasteiger partial charge in [0.1, 0.15) is 5.60 Å². The average Bonchev–Trinajstić information content (AvgIpc) is 2.54. The van der Waals surface area contributed by atoms with Gasteiger partial charge in [-0.1, -0.05) is 42.3 Å². The van der Waals surface area contributed by atoms with Gasteiger partial charge in [-0.05, 0) is 51.3 Å². The summed E-state index contributed by atoms with van der Waals surface area (Å²) < 4.78 is 5.55. The van der Waals surface area contributed by atoms with Crippen molar-refractivity contribution in [1.82, 2.24) is 4.90 Å². The maximum absolute atomic E-state index is 12.9. The number of primary amides is 1. The molecule has 0 saturated carbocycles. The zero-order valence-electron chi connectivity index (χ0n) is 16.5. The summed E-state index contributed by atoms with van der Waals surface area (Å²) in [6, 6.07) is 5.14. The molecule has 1 aromatic rings. The van der Waals surface area contributed by atoms with Crippen LogP contribution in [0.2, 0.25) is 10.0 Å². The van der Waals surface area contributed by atoms with Crippen LogP contribution >= 0.6 is 23.2 Å². The molecule has 0 spiro atoms. The molecular formula is C20H28Cl2N2O3. The van der Waals surface area contributed by atoms with E-state index in [9.17, 15) is 9.59 Å². The molecule has 0 aliphatic carbocycles. The molecule has 0 aromatic heterocycles. The molecule has 0 heterocycles. The van der Waals surface area contributed by atoms with E-state index < -0.39 is 29.1 Å². The van der Waals surface area contributed by atoms with Crippen LogP contribution in [0.3, 0.4) is 0 Å². The van der Waals surface area contributed by atoms with E-state index in [2.05, 4.69) is 6.58 Å². The van der Waals surface area contributed by atoms with E-state index in [1.54, 1.807) is 59.0 Å². The first-order valence-electron chi connectivity index (χ1n) is 8.66. The van der Waals surface area contributed by atoms with Crippen molar-refractivity contribution in [2.45, 2.75) is 51.7 Å². The van der Waals surface area contributed by atoms with Crippen molar-refractivity contribution in [2.24, 2.45) is 11.7 Å². The van der Waals surface area contributed by atoms with Crippen molar-refractivity contribution in [3.05, 3.63) is 46.5 Å². The molecule has 0 aliphatic heterocycles. The Hall–Kier alpha value is -1.72. The van der Waals surface area contributed by atoms with Crippen molar-refractivity contribution in [2.75, 3.05) is 7.05 Å². The predicted molar refractivity (Wildman–Crippen MR) is 110 cm³/mol. The lowest BCUT2D eigenvalue weighted by atomic mass is 9.78. The summed E-state index contributed by atoms with van der Waals surface area (Å²) in [7, 11) is 1.63. The summed E-state index contributed by atoms with van der Waals surface area (Å²) in [5.41, 5.74) is 4.63. The minimum Gasteiger partial charge on any atom is -0.444 e. The first kappa shape index (κ1) is 23.3. The number of carbonyl (C=O) groups is 2. The number of hydrogen-bond donors (Lipinski definition) is 1. The van der Waals surface area contributed by atoms with Gasteiger partial charge in [0, 0.05) is 13.0 Å². The summed E-state index contributed by atoms with van der Waals surface area (Å²) >= 11 is 12.3. The quantitative estimate of drug-likeness (QED) is 0.627. The van der Waals surface area contributed by atoms with Gasteiger partial charge < -0.3 is 15.4 Å². The lowest BCUT2D eigenvalue weighted by molar-refractivity contribution is -0.122. The monoisotopic (exact) mass is 414 g/mol. The highest BCUT2D eigenvalue weighted by Crippen LogP contribution is 2.41. The fraction of sp³-hybridized carbons (Fsp3) is 0.500. The van der Waals surface area contributed by atoms with Gasteiger partial charge in [-0.25, -0.2) is 4.79 Å². The lowest BCUT2D eigenvalue weighted by Gasteiger charge is -2.43. The Balaban J connectivity index is 3.54. The van der Waals surface area contributed by atoms with E-state index in [4.69, 9.17) is 33.7 Å². The molecule has 2 amide bonds. The maximum atomic E-state index is 12.9. The Morgan fingerprint density at radius 3 is 2.33 bits per heavy atom. The van der Waals surface area contributed by atoms with Crippen LogP contribution in [-0.4, -0.2) is 29.5 Å². The molecule has 2 N–H and O–H groups in total. The smallest absolute Gasteiger partial charge is 0.410 e. The van der Waals surface area contributed by atoms with Gasteiger partial charge in [0.15, 0.2) is 0 Å². The van der Waals surface area contributed by atoms with E-state index in [1.165, 1.54) is 4.90 Å². The minimum absolute atomic E-state index is 0.280. The van der Waals surface area contributed by atoms with E-state index >= 15 is 0 Å². The highest BCUT2D eigenvalue weighted by Gasteiger charge is 2.42. The molecule has 0 saturated heterocycles. The molecule has 0 bridgehead atoms. The Bertz CT molecular complexity index is 716. The predicted octanol–water partition coefficient (Wildman–Crippen LogP) is 5.14. The Labute approximate surface area is 171 Å². The van der Waals surface area contributed by atoms with E-state index in [1.807, 2.05) is 0 Å². The number of benzene rings is 1. The first-order chi connectivity index (χ1) is 12.3. The van der Waals surface area contributed by atoms with E-state index in [0.29, 0.717) is 16.5 Å². The number of nitrogens with two attached hydrogens (primary N) is 1. The second kappa shape index (κ2) is 8.98. The number of rotatable bonds is 7. The van der Waals surface area contributed by atoms with Gasteiger partial charge in [-0.3, -0.25) is 4.79 Å². The molecule has 150 valence electrons. The van der Waals surface area contributed by atoms with Gasteiger partial charge in [-0.15, -0.1) is 6.58 Å². The standard InChI is InChI=1S/C20H28Cl2N2O3/c1-7-10-20(12-13(2)17(23)25,14-8-9-15(21)16(22)11-14)24(6)18(26)27-19(3,4)5/h7-9,11,13H,1,10,12H2,2-6H3,(H2,23,25). The molecule has 1 aromatic carbocycles. The van der Waals surface area contributed by atoms with Crippen molar-refractivity contribution in [1.29, 1.82) is 0 Å². The topological polar surface area (TPSA) is 72.6 Å². The molecule has 2 atom stereocenters. The van der Waals surface area contributed by atoms with Crippen LogP contribution in [0.25, 0.3) is 0 Å². The third kappa shape index (κ3) is 5.88. The molecule has 2 unspecified atom stereocenters. The molecule has 27 heavy (non-hydrogen) atoms. The van der Waals surface area contributed by atoms with Gasteiger partial charge in [0.05, 0.1) is 15.6 Å². The number of amides is 2. The molecule has 0 radical (unpaired) electrons. The highest BCUT2D eigenvalue weighted by atomic mass is 35.5. The van der Waals surface area contributed by atoms with Crippen molar-refractivity contribution in [3.8, 4) is 0 Å². The van der Waals surface area contributed by atoms with E-state index in [0.717, 1.165) is 5.56 Å². The number of carbonyl (C=O) groups excluding carboxylic acids is 2. The van der Waals surface area contributed by atoms with E-state index in [-0.39, 0.29) is 6.42 Å². The number of ether oxygens (including phenoxy) is 1. The Morgan fingerprint density at radius 2 is 1.89 bits per heavy atom. The second-order valence-electron chi connectivity index (χ2n) is 7.70. The molecule has 1 rings (SSSR count). The molecule has 0 aliphatic rings. The summed E-state index contributed by atoms with van der Waals surface area (Å²) in [5.74, 6) is -0.953. The van der Waals surface area contributed by atoms with Gasteiger partial charge in [0.2, 0.25) is 5.91 Å². The van der Waals surface area contributed by atoms with Gasteiger partial charge in [-0.2, -0.15) is 0 Å². The summed E-state index contributed by atoms with van der Waals surface area (Å²) in [5, 5.41) is 0.753. The lowest BCUT2D eigenvalue weighted by Crippen LogP contribution is -2.50. The summed E-state index contributed by atoms with van der Waals surface area (Å²) in [6.07, 6.45) is 1.82. The van der Waals surface area contributed by atoms with Crippen LogP contribution in [0.15, 0.2) is 30.9 Å². The van der Waals surface area contributed by atoms with Crippen LogP contribution < -0.4 is 5.73 Å². The van der Waals surface area contributed by atoms with Crippen molar-refractivity contribution >= 4 is 35.2 Å². The zero-order valence-corrected chi connectivity index (χ0v) is 18.0. The SMILES string of the molecule is C=CCC(CC(C)C(N)=O)(c1ccc(Cl)c(Cl)c1)N(C)C(=O)OC(C)(C)C. The van der Waals surface area contributed by atoms with Crippen LogP contribution in [0, 0.1) is 5.92 Å². The molecule has 5 nitrogen and oxygen atoms in total. The van der Waals surface area contributed by atoms with Crippen LogP contribution in [0.4, 0.5) is 4.79 Å². The first-order valence-corrected chi connectivity index (χ1v) is 9.42. The summed E-state index contributed by atoms with van der Waals surface area (Å²) in [6.45, 7) is 10.9. The maximum Gasteiger partial charge on any atom is 0.410 e. The third-order valence-corrected chi connectivity index (χ3v) is 5.12. The average molecular weight is 415 g/mol. The minimum atomic E-state index is -0.924. The van der Waals surface area contributed by atoms with Crippen LogP contribution in [0.5, 0.6) is 0 Å². The van der Waals surface area contributed by atoms with Crippen LogP contribution in [0.1, 0.15) is 46.1 Å². The van der Waals surface area contributed by atoms with Crippen molar-refractivity contribution in [3.63, 3.8) is 0 Å². The number of nitrogens with zero attached hydrogens (tertiary/aromatic N) is 1. The van der Waals surface area contributed by atoms with Crippen molar-refractivity contribution < 1.29 is 14.3 Å². The zero-order chi connectivity index (χ0) is 21.0. The molecule has 7 heteroatoms. The Morgan fingerprint density at radius 1 is 1.30 bits per heavy atom. The Kier molecular flexibility index (Phi) is 7.76. The van der Waals surface area contributed by atoms with Gasteiger partial charge >= 0.3 is 6.09 Å². The fourth-order valence-corrected chi connectivity index (χ4v) is 3.22. The summed E-state index contributed by atoms with van der Waals surface area (Å²) in [4.78, 5) is 26.1. The largest absolute Gasteiger partial charge is 0.444 e. The number of halogens is 2. The molecular weight excluding hydrogens is 387 g/mol. The number of hydrogen-bond acceptors (Lipinski definition) is 3. The molecule has 0 fully saturated rings. The third-order valence-electron chi connectivity index (χ3n) is 4.38.